The van der Waals surface area contributed by atoms with Gasteiger partial charge in [-0.05, 0) is 26.8 Å². The summed E-state index contributed by atoms with van der Waals surface area (Å²) in [6, 6.07) is 8.38. The van der Waals surface area contributed by atoms with Gasteiger partial charge < -0.3 is 10.1 Å². The van der Waals surface area contributed by atoms with E-state index in [0.717, 1.165) is 18.8 Å². The normalized spacial score (nSPS) is 12.2. The van der Waals surface area contributed by atoms with E-state index < -0.39 is 0 Å². The van der Waals surface area contributed by atoms with E-state index >= 15 is 0 Å². The molecule has 4 nitrogen and oxygen atoms in total. The molecule has 0 radical (unpaired) electrons. The average molecular weight is 261 g/mol. The molecule has 0 atom stereocenters. The third-order valence-electron chi connectivity index (χ3n) is 3.27. The molecule has 104 valence electrons. The van der Waals surface area contributed by atoms with Gasteiger partial charge in [0.1, 0.15) is 0 Å². The van der Waals surface area contributed by atoms with Crippen LogP contribution in [0.25, 0.3) is 10.9 Å². The van der Waals surface area contributed by atoms with Gasteiger partial charge in [0.25, 0.3) is 0 Å². The fourth-order valence-electron chi connectivity index (χ4n) is 2.30. The van der Waals surface area contributed by atoms with Crippen molar-refractivity contribution in [3.8, 4) is 0 Å². The summed E-state index contributed by atoms with van der Waals surface area (Å²) in [6.45, 7) is 8.71. The second-order valence-electron chi connectivity index (χ2n) is 5.45. The lowest BCUT2D eigenvalue weighted by molar-refractivity contribution is 0.127. The number of rotatable bonds is 6. The van der Waals surface area contributed by atoms with Gasteiger partial charge in [-0.25, -0.2) is 0 Å². The van der Waals surface area contributed by atoms with Crippen molar-refractivity contribution in [3.05, 3.63) is 30.0 Å². The Hall–Kier alpha value is -1.39. The van der Waals surface area contributed by atoms with Gasteiger partial charge in [-0.1, -0.05) is 18.2 Å². The summed E-state index contributed by atoms with van der Waals surface area (Å²) in [5.41, 5.74) is 2.25. The Morgan fingerprint density at radius 1 is 1.32 bits per heavy atom. The monoisotopic (exact) mass is 261 g/mol. The van der Waals surface area contributed by atoms with Crippen LogP contribution < -0.4 is 5.32 Å². The van der Waals surface area contributed by atoms with Crippen molar-refractivity contribution < 1.29 is 4.74 Å². The lowest BCUT2D eigenvalue weighted by atomic mass is 10.1. The van der Waals surface area contributed by atoms with Gasteiger partial charge in [-0.15, -0.1) is 0 Å². The molecule has 0 spiro atoms. The molecule has 1 N–H and O–H groups in total. The molecule has 0 aliphatic rings. The number of ether oxygens (including phenoxy) is 1. The Balaban J connectivity index is 2.21. The van der Waals surface area contributed by atoms with Gasteiger partial charge in [0, 0.05) is 31.1 Å². The number of aromatic nitrogens is 2. The highest BCUT2D eigenvalue weighted by atomic mass is 16.5. The van der Waals surface area contributed by atoms with Gasteiger partial charge >= 0.3 is 0 Å². The molecule has 1 heterocycles. The van der Waals surface area contributed by atoms with Crippen LogP contribution in [0.1, 0.15) is 26.5 Å². The maximum Gasteiger partial charge on any atom is 0.0841 e. The number of nitrogens with zero attached hydrogens (tertiary/aromatic N) is 2. The molecule has 1 aromatic heterocycles. The van der Waals surface area contributed by atoms with E-state index in [9.17, 15) is 0 Å². The molecule has 0 amide bonds. The molecule has 2 rings (SSSR count). The first kappa shape index (κ1) is 14.0. The molecule has 4 heteroatoms. The number of benzene rings is 1. The molecule has 0 aliphatic heterocycles. The van der Waals surface area contributed by atoms with Gasteiger partial charge in [0.05, 0.1) is 17.8 Å². The van der Waals surface area contributed by atoms with E-state index in [2.05, 4.69) is 60.1 Å². The summed E-state index contributed by atoms with van der Waals surface area (Å²) in [5.74, 6) is 0. The molecule has 0 unspecified atom stereocenters. The minimum atomic E-state index is -0.0498. The SMILES string of the molecule is CCn1nc(CNC(C)(C)COC)c2ccccc21. The molecule has 0 fully saturated rings. The summed E-state index contributed by atoms with van der Waals surface area (Å²) < 4.78 is 7.27. The van der Waals surface area contributed by atoms with Crippen molar-refractivity contribution in [3.63, 3.8) is 0 Å². The van der Waals surface area contributed by atoms with Gasteiger partial charge in [0.15, 0.2) is 0 Å². The smallest absolute Gasteiger partial charge is 0.0841 e. The van der Waals surface area contributed by atoms with Gasteiger partial charge in [0.2, 0.25) is 0 Å². The molecular formula is C15H23N3O. The maximum absolute atomic E-state index is 5.22. The van der Waals surface area contributed by atoms with E-state index in [4.69, 9.17) is 4.74 Å². The van der Waals surface area contributed by atoms with Crippen LogP contribution in [0.3, 0.4) is 0 Å². The summed E-state index contributed by atoms with van der Waals surface area (Å²) in [6.07, 6.45) is 0. The van der Waals surface area contributed by atoms with Crippen LogP contribution in [0.5, 0.6) is 0 Å². The highest BCUT2D eigenvalue weighted by molar-refractivity contribution is 5.81. The van der Waals surface area contributed by atoms with Crippen molar-refractivity contribution in [1.82, 2.24) is 15.1 Å². The molecule has 1 aromatic carbocycles. The first-order valence-corrected chi connectivity index (χ1v) is 6.76. The Morgan fingerprint density at radius 2 is 2.05 bits per heavy atom. The Bertz CT molecular complexity index is 545. The van der Waals surface area contributed by atoms with E-state index in [-0.39, 0.29) is 5.54 Å². The first-order valence-electron chi connectivity index (χ1n) is 6.76. The van der Waals surface area contributed by atoms with E-state index in [1.165, 1.54) is 10.9 Å². The van der Waals surface area contributed by atoms with Crippen LogP contribution in [0.2, 0.25) is 0 Å². The lowest BCUT2D eigenvalue weighted by Crippen LogP contribution is -2.42. The molecule has 0 bridgehead atoms. The number of aryl methyl sites for hydroxylation is 1. The van der Waals surface area contributed by atoms with Gasteiger partial charge in [-0.3, -0.25) is 4.68 Å². The summed E-state index contributed by atoms with van der Waals surface area (Å²) in [4.78, 5) is 0. The zero-order chi connectivity index (χ0) is 13.9. The van der Waals surface area contributed by atoms with Crippen LogP contribution >= 0.6 is 0 Å². The number of para-hydroxylation sites is 1. The van der Waals surface area contributed by atoms with Crippen molar-refractivity contribution in [2.24, 2.45) is 0 Å². The van der Waals surface area contributed by atoms with Crippen molar-refractivity contribution in [2.75, 3.05) is 13.7 Å². The second kappa shape index (κ2) is 5.72. The Labute approximate surface area is 114 Å². The summed E-state index contributed by atoms with van der Waals surface area (Å²) in [5, 5.41) is 9.42. The third-order valence-corrected chi connectivity index (χ3v) is 3.27. The standard InChI is InChI=1S/C15H23N3O/c1-5-18-14-9-7-6-8-12(14)13(17-18)10-16-15(2,3)11-19-4/h6-9,16H,5,10-11H2,1-4H3. The number of hydrogen-bond donors (Lipinski definition) is 1. The molecule has 19 heavy (non-hydrogen) atoms. The largest absolute Gasteiger partial charge is 0.383 e. The summed E-state index contributed by atoms with van der Waals surface area (Å²) in [7, 11) is 1.73. The predicted molar refractivity (Wildman–Crippen MR) is 78.2 cm³/mol. The molecule has 0 saturated carbocycles. The molecule has 0 saturated heterocycles. The van der Waals surface area contributed by atoms with Gasteiger partial charge in [-0.2, -0.15) is 5.10 Å². The van der Waals surface area contributed by atoms with Crippen LogP contribution in [-0.4, -0.2) is 29.0 Å². The predicted octanol–water partition coefficient (Wildman–Crippen LogP) is 2.57. The number of methoxy groups -OCH3 is 1. The van der Waals surface area contributed by atoms with E-state index in [1.807, 2.05) is 0 Å². The van der Waals surface area contributed by atoms with Crippen molar-refractivity contribution >= 4 is 10.9 Å². The third kappa shape index (κ3) is 3.14. The van der Waals surface area contributed by atoms with E-state index in [0.29, 0.717) is 6.61 Å². The maximum atomic E-state index is 5.22. The lowest BCUT2D eigenvalue weighted by Gasteiger charge is -2.24. The molecule has 2 aromatic rings. The molecular weight excluding hydrogens is 238 g/mol. The van der Waals surface area contributed by atoms with Crippen LogP contribution in [-0.2, 0) is 17.8 Å². The zero-order valence-electron chi connectivity index (χ0n) is 12.2. The number of hydrogen-bond acceptors (Lipinski definition) is 3. The van der Waals surface area contributed by atoms with Crippen LogP contribution in [0, 0.1) is 0 Å². The first-order chi connectivity index (χ1) is 9.07. The van der Waals surface area contributed by atoms with Crippen molar-refractivity contribution in [1.29, 1.82) is 0 Å². The number of nitrogens with one attached hydrogen (secondary N) is 1. The Kier molecular flexibility index (Phi) is 4.22. The second-order valence-corrected chi connectivity index (χ2v) is 5.45. The van der Waals surface area contributed by atoms with Crippen LogP contribution in [0.15, 0.2) is 24.3 Å². The number of fused-ring (bicyclic) bond motifs is 1. The molecule has 0 aliphatic carbocycles. The van der Waals surface area contributed by atoms with Crippen LogP contribution in [0.4, 0.5) is 0 Å². The minimum absolute atomic E-state index is 0.0498. The highest BCUT2D eigenvalue weighted by Gasteiger charge is 2.18. The Morgan fingerprint density at radius 3 is 2.74 bits per heavy atom. The van der Waals surface area contributed by atoms with Crippen molar-refractivity contribution in [2.45, 2.75) is 39.4 Å². The highest BCUT2D eigenvalue weighted by Crippen LogP contribution is 2.19. The topological polar surface area (TPSA) is 39.1 Å². The van der Waals surface area contributed by atoms with E-state index in [1.54, 1.807) is 7.11 Å². The fourth-order valence-corrected chi connectivity index (χ4v) is 2.30. The summed E-state index contributed by atoms with van der Waals surface area (Å²) >= 11 is 0. The zero-order valence-corrected chi connectivity index (χ0v) is 12.2. The fraction of sp³-hybridized carbons (Fsp3) is 0.533. The average Bonchev–Trinajstić information content (AvgIpc) is 2.75. The quantitative estimate of drug-likeness (QED) is 0.868. The minimum Gasteiger partial charge on any atom is -0.383 e.